The largest absolute Gasteiger partial charge is 0.338 e. The van der Waals surface area contributed by atoms with Gasteiger partial charge < -0.3 is 14.5 Å². The number of hydrogen-bond donors (Lipinski definition) is 1. The van der Waals surface area contributed by atoms with Gasteiger partial charge in [-0.3, -0.25) is 0 Å². The molecule has 4 rings (SSSR count). The summed E-state index contributed by atoms with van der Waals surface area (Å²) < 4.78 is 2.23. The second-order valence-electron chi connectivity index (χ2n) is 5.69. The van der Waals surface area contributed by atoms with Gasteiger partial charge in [-0.25, -0.2) is 9.97 Å². The third-order valence-corrected chi connectivity index (χ3v) is 4.36. The fourth-order valence-electron chi connectivity index (χ4n) is 3.20. The topological polar surface area (TPSA) is 49.7 Å². The van der Waals surface area contributed by atoms with Gasteiger partial charge in [0.2, 0.25) is 5.95 Å². The lowest BCUT2D eigenvalue weighted by molar-refractivity contribution is 0.536. The summed E-state index contributed by atoms with van der Waals surface area (Å²) in [5.41, 5.74) is 2.15. The van der Waals surface area contributed by atoms with Gasteiger partial charge in [0.05, 0.1) is 11.0 Å². The molecule has 1 saturated heterocycles. The van der Waals surface area contributed by atoms with Gasteiger partial charge in [0.25, 0.3) is 0 Å². The second kappa shape index (κ2) is 4.91. The molecule has 1 aliphatic rings. The monoisotopic (exact) mass is 281 g/mol. The first-order chi connectivity index (χ1) is 10.3. The van der Waals surface area contributed by atoms with Crippen molar-refractivity contribution in [2.75, 3.05) is 11.4 Å². The van der Waals surface area contributed by atoms with E-state index >= 15 is 0 Å². The average Bonchev–Trinajstić information content (AvgIpc) is 3.19. The molecule has 1 atom stereocenters. The van der Waals surface area contributed by atoms with Crippen LogP contribution in [0.15, 0.2) is 36.7 Å². The number of aryl methyl sites for hydroxylation is 1. The highest BCUT2D eigenvalue weighted by atomic mass is 15.3. The Hall–Kier alpha value is -2.30. The van der Waals surface area contributed by atoms with E-state index < -0.39 is 0 Å². The van der Waals surface area contributed by atoms with Crippen LogP contribution in [0.3, 0.4) is 0 Å². The Morgan fingerprint density at radius 2 is 2.24 bits per heavy atom. The van der Waals surface area contributed by atoms with Gasteiger partial charge in [-0.15, -0.1) is 0 Å². The van der Waals surface area contributed by atoms with Crippen molar-refractivity contribution in [2.45, 2.75) is 32.4 Å². The first kappa shape index (κ1) is 12.4. The minimum Gasteiger partial charge on any atom is -0.338 e. The molecule has 5 heteroatoms. The molecule has 0 radical (unpaired) electrons. The van der Waals surface area contributed by atoms with E-state index in [-0.39, 0.29) is 0 Å². The molecule has 5 nitrogen and oxygen atoms in total. The van der Waals surface area contributed by atoms with Gasteiger partial charge in [0.1, 0.15) is 5.82 Å². The highest BCUT2D eigenvalue weighted by Crippen LogP contribution is 2.26. The summed E-state index contributed by atoms with van der Waals surface area (Å²) in [4.78, 5) is 14.9. The van der Waals surface area contributed by atoms with E-state index in [1.807, 2.05) is 18.3 Å². The highest BCUT2D eigenvalue weighted by Gasteiger charge is 2.27. The van der Waals surface area contributed by atoms with E-state index in [1.54, 1.807) is 0 Å². The number of nitrogens with one attached hydrogen (secondary N) is 1. The molecule has 2 aromatic heterocycles. The van der Waals surface area contributed by atoms with Crippen LogP contribution in [0.25, 0.3) is 11.0 Å². The Labute approximate surface area is 123 Å². The van der Waals surface area contributed by atoms with Crippen LogP contribution in [0.2, 0.25) is 0 Å². The minimum absolute atomic E-state index is 0.485. The van der Waals surface area contributed by atoms with Crippen molar-refractivity contribution in [1.82, 2.24) is 19.5 Å². The van der Waals surface area contributed by atoms with E-state index in [4.69, 9.17) is 4.98 Å². The maximum Gasteiger partial charge on any atom is 0.204 e. The van der Waals surface area contributed by atoms with Gasteiger partial charge in [-0.2, -0.15) is 0 Å². The standard InChI is InChI=1S/C16H19N5/c1-12-17-8-10-20(12)11-13-5-4-9-21(13)16-18-14-6-2-3-7-15(14)19-16/h2-3,6-8,10,13H,4-5,9,11H2,1H3,(H,18,19)/t13-/m0/s1. The number of hydrogen-bond acceptors (Lipinski definition) is 3. The summed E-state index contributed by atoms with van der Waals surface area (Å²) in [6.07, 6.45) is 6.35. The van der Waals surface area contributed by atoms with Crippen LogP contribution < -0.4 is 4.90 Å². The lowest BCUT2D eigenvalue weighted by Crippen LogP contribution is -2.33. The normalized spacial score (nSPS) is 18.7. The van der Waals surface area contributed by atoms with Gasteiger partial charge in [-0.1, -0.05) is 12.1 Å². The zero-order chi connectivity index (χ0) is 14.2. The molecular formula is C16H19N5. The summed E-state index contributed by atoms with van der Waals surface area (Å²) in [6, 6.07) is 8.69. The van der Waals surface area contributed by atoms with E-state index in [9.17, 15) is 0 Å². The van der Waals surface area contributed by atoms with Crippen LogP contribution in [0.5, 0.6) is 0 Å². The second-order valence-corrected chi connectivity index (χ2v) is 5.69. The fourth-order valence-corrected chi connectivity index (χ4v) is 3.20. The third-order valence-electron chi connectivity index (χ3n) is 4.36. The number of fused-ring (bicyclic) bond motifs is 1. The first-order valence-electron chi connectivity index (χ1n) is 7.50. The average molecular weight is 281 g/mol. The van der Waals surface area contributed by atoms with Crippen LogP contribution in [0, 0.1) is 6.92 Å². The van der Waals surface area contributed by atoms with Crippen molar-refractivity contribution >= 4 is 17.0 Å². The number of imidazole rings is 2. The molecule has 0 bridgehead atoms. The number of anilines is 1. The number of aromatic nitrogens is 4. The Kier molecular flexibility index (Phi) is 2.91. The van der Waals surface area contributed by atoms with Crippen molar-refractivity contribution in [1.29, 1.82) is 0 Å². The Balaban J connectivity index is 1.62. The molecule has 1 aliphatic heterocycles. The summed E-state index contributed by atoms with van der Waals surface area (Å²) >= 11 is 0. The molecule has 1 N–H and O–H groups in total. The fraction of sp³-hybridized carbons (Fsp3) is 0.375. The molecular weight excluding hydrogens is 262 g/mol. The molecule has 3 heterocycles. The zero-order valence-electron chi connectivity index (χ0n) is 12.2. The number of nitrogens with zero attached hydrogens (tertiary/aromatic N) is 4. The van der Waals surface area contributed by atoms with E-state index in [0.29, 0.717) is 6.04 Å². The Morgan fingerprint density at radius 3 is 3.05 bits per heavy atom. The van der Waals surface area contributed by atoms with Crippen LogP contribution in [0.4, 0.5) is 5.95 Å². The highest BCUT2D eigenvalue weighted by molar-refractivity contribution is 5.77. The number of aromatic amines is 1. The van der Waals surface area contributed by atoms with Gasteiger partial charge in [0, 0.05) is 31.5 Å². The van der Waals surface area contributed by atoms with Crippen LogP contribution in [0.1, 0.15) is 18.7 Å². The predicted molar refractivity (Wildman–Crippen MR) is 83.4 cm³/mol. The lowest BCUT2D eigenvalue weighted by atomic mass is 10.2. The quantitative estimate of drug-likeness (QED) is 0.803. The van der Waals surface area contributed by atoms with Crippen molar-refractivity contribution in [3.8, 4) is 0 Å². The maximum absolute atomic E-state index is 4.74. The minimum atomic E-state index is 0.485. The molecule has 3 aromatic rings. The van der Waals surface area contributed by atoms with Crippen molar-refractivity contribution in [3.63, 3.8) is 0 Å². The molecule has 21 heavy (non-hydrogen) atoms. The molecule has 0 saturated carbocycles. The smallest absolute Gasteiger partial charge is 0.204 e. The molecule has 0 amide bonds. The summed E-state index contributed by atoms with van der Waals surface area (Å²) in [7, 11) is 0. The van der Waals surface area contributed by atoms with E-state index in [0.717, 1.165) is 35.9 Å². The summed E-state index contributed by atoms with van der Waals surface area (Å²) in [6.45, 7) is 4.10. The lowest BCUT2D eigenvalue weighted by Gasteiger charge is -2.24. The summed E-state index contributed by atoms with van der Waals surface area (Å²) in [5, 5.41) is 0. The molecule has 0 spiro atoms. The van der Waals surface area contributed by atoms with Gasteiger partial charge in [0.15, 0.2) is 0 Å². The molecule has 0 aliphatic carbocycles. The van der Waals surface area contributed by atoms with Gasteiger partial charge in [-0.05, 0) is 31.9 Å². The SMILES string of the molecule is Cc1nccn1C[C@@H]1CCCN1c1nc2ccccc2[nH]1. The third kappa shape index (κ3) is 2.18. The van der Waals surface area contributed by atoms with Crippen LogP contribution >= 0.6 is 0 Å². The van der Waals surface area contributed by atoms with Crippen LogP contribution in [-0.4, -0.2) is 32.1 Å². The predicted octanol–water partition coefficient (Wildman–Crippen LogP) is 2.74. The summed E-state index contributed by atoms with van der Waals surface area (Å²) in [5.74, 6) is 2.07. The van der Waals surface area contributed by atoms with E-state index in [1.165, 1.54) is 12.8 Å². The first-order valence-corrected chi connectivity index (χ1v) is 7.50. The number of benzene rings is 1. The molecule has 0 unspecified atom stereocenters. The van der Waals surface area contributed by atoms with Crippen molar-refractivity contribution in [3.05, 3.63) is 42.5 Å². The number of H-pyrrole nitrogens is 1. The van der Waals surface area contributed by atoms with Gasteiger partial charge >= 0.3 is 0 Å². The Morgan fingerprint density at radius 1 is 1.33 bits per heavy atom. The maximum atomic E-state index is 4.74. The number of para-hydroxylation sites is 2. The van der Waals surface area contributed by atoms with Crippen molar-refractivity contribution < 1.29 is 0 Å². The Bertz CT molecular complexity index is 724. The van der Waals surface area contributed by atoms with E-state index in [2.05, 4.69) is 44.7 Å². The zero-order valence-corrected chi connectivity index (χ0v) is 12.2. The molecule has 1 aromatic carbocycles. The molecule has 1 fully saturated rings. The number of rotatable bonds is 3. The van der Waals surface area contributed by atoms with Crippen LogP contribution in [-0.2, 0) is 6.54 Å². The van der Waals surface area contributed by atoms with Crippen molar-refractivity contribution in [2.24, 2.45) is 0 Å². The molecule has 108 valence electrons.